The molecule has 0 saturated carbocycles. The summed E-state index contributed by atoms with van der Waals surface area (Å²) in [5.74, 6) is -0.490. The molecule has 0 spiro atoms. The molecule has 0 radical (unpaired) electrons. The van der Waals surface area contributed by atoms with Gasteiger partial charge in [-0.05, 0) is 18.6 Å². The topological polar surface area (TPSA) is 82.5 Å². The second-order valence-corrected chi connectivity index (χ2v) is 4.12. The van der Waals surface area contributed by atoms with Crippen molar-refractivity contribution in [2.24, 2.45) is 0 Å². The molecule has 1 amide bonds. The van der Waals surface area contributed by atoms with Crippen LogP contribution in [0.4, 0.5) is 5.82 Å². The van der Waals surface area contributed by atoms with Crippen molar-refractivity contribution in [2.45, 2.75) is 19.4 Å². The molecule has 0 aromatic carbocycles. The number of amides is 1. The van der Waals surface area contributed by atoms with Crippen molar-refractivity contribution < 1.29 is 14.7 Å². The zero-order valence-electron chi connectivity index (χ0n) is 10.1. The maximum absolute atomic E-state index is 11.7. The lowest BCUT2D eigenvalue weighted by Gasteiger charge is -2.35. The maximum Gasteiger partial charge on any atom is 0.335 e. The molecular weight excluding hydrogens is 234 g/mol. The van der Waals surface area contributed by atoms with E-state index in [-0.39, 0.29) is 17.5 Å². The molecule has 1 atom stereocenters. The van der Waals surface area contributed by atoms with E-state index in [2.05, 4.69) is 10.3 Å². The molecule has 1 aromatic heterocycles. The number of carbonyl (C=O) groups excluding carboxylic acids is 1. The third-order valence-electron chi connectivity index (χ3n) is 3.00. The Balaban J connectivity index is 2.31. The average Bonchev–Trinajstić information content (AvgIpc) is 2.38. The Kier molecular flexibility index (Phi) is 3.45. The van der Waals surface area contributed by atoms with E-state index in [1.807, 2.05) is 11.8 Å². The molecule has 2 N–H and O–H groups in total. The van der Waals surface area contributed by atoms with E-state index in [0.717, 1.165) is 0 Å². The summed E-state index contributed by atoms with van der Waals surface area (Å²) in [6.45, 7) is 3.11. The first-order valence-corrected chi connectivity index (χ1v) is 5.87. The number of aromatic nitrogens is 1. The lowest BCUT2D eigenvalue weighted by molar-refractivity contribution is -0.123. The molecule has 6 nitrogen and oxygen atoms in total. The smallest absolute Gasteiger partial charge is 0.335 e. The van der Waals surface area contributed by atoms with Crippen LogP contribution in [0.25, 0.3) is 0 Å². The van der Waals surface area contributed by atoms with E-state index < -0.39 is 5.97 Å². The molecule has 96 valence electrons. The number of pyridine rings is 1. The minimum Gasteiger partial charge on any atom is -0.478 e. The number of nitrogens with zero attached hydrogens (tertiary/aromatic N) is 2. The normalized spacial score (nSPS) is 19.5. The minimum atomic E-state index is -0.992. The minimum absolute atomic E-state index is 0.0359. The van der Waals surface area contributed by atoms with Gasteiger partial charge in [0.25, 0.3) is 0 Å². The summed E-state index contributed by atoms with van der Waals surface area (Å²) < 4.78 is 0. The van der Waals surface area contributed by atoms with E-state index in [1.54, 1.807) is 0 Å². The number of piperazine rings is 1. The van der Waals surface area contributed by atoms with Gasteiger partial charge >= 0.3 is 5.97 Å². The Labute approximate surface area is 105 Å². The summed E-state index contributed by atoms with van der Waals surface area (Å²) in [5.41, 5.74) is 0.181. The lowest BCUT2D eigenvalue weighted by Crippen LogP contribution is -2.55. The van der Waals surface area contributed by atoms with Gasteiger partial charge in [-0.1, -0.05) is 6.92 Å². The average molecular weight is 249 g/mol. The fraction of sp³-hybridized carbons (Fsp3) is 0.417. The molecule has 1 unspecified atom stereocenters. The van der Waals surface area contributed by atoms with Crippen LogP contribution in [-0.4, -0.2) is 41.1 Å². The Morgan fingerprint density at radius 3 is 3.11 bits per heavy atom. The van der Waals surface area contributed by atoms with Crippen LogP contribution in [-0.2, 0) is 4.79 Å². The van der Waals surface area contributed by atoms with Crippen molar-refractivity contribution in [3.63, 3.8) is 0 Å². The van der Waals surface area contributed by atoms with Crippen molar-refractivity contribution in [3.8, 4) is 0 Å². The fourth-order valence-electron chi connectivity index (χ4n) is 2.10. The Morgan fingerprint density at radius 2 is 2.44 bits per heavy atom. The van der Waals surface area contributed by atoms with Gasteiger partial charge in [0.2, 0.25) is 5.91 Å². The number of carboxylic acid groups (broad SMARTS) is 1. The first kappa shape index (κ1) is 12.3. The molecule has 0 bridgehead atoms. The van der Waals surface area contributed by atoms with Gasteiger partial charge < -0.3 is 15.3 Å². The fourth-order valence-corrected chi connectivity index (χ4v) is 2.10. The van der Waals surface area contributed by atoms with Crippen molar-refractivity contribution in [2.75, 3.05) is 18.0 Å². The number of carbonyl (C=O) groups is 2. The van der Waals surface area contributed by atoms with Gasteiger partial charge in [-0.15, -0.1) is 0 Å². The summed E-state index contributed by atoms with van der Waals surface area (Å²) in [4.78, 5) is 28.7. The SMILES string of the molecule is CCC1C(=O)NCCN1c1cc(C(=O)O)ccn1. The monoisotopic (exact) mass is 249 g/mol. The molecule has 6 heteroatoms. The summed E-state index contributed by atoms with van der Waals surface area (Å²) >= 11 is 0. The highest BCUT2D eigenvalue weighted by Gasteiger charge is 2.29. The van der Waals surface area contributed by atoms with Crippen LogP contribution < -0.4 is 10.2 Å². The van der Waals surface area contributed by atoms with Crippen molar-refractivity contribution in [1.82, 2.24) is 10.3 Å². The molecule has 0 aliphatic carbocycles. The van der Waals surface area contributed by atoms with Crippen LogP contribution in [0.2, 0.25) is 0 Å². The lowest BCUT2D eigenvalue weighted by atomic mass is 10.1. The van der Waals surface area contributed by atoms with Gasteiger partial charge in [0.05, 0.1) is 5.56 Å². The highest BCUT2D eigenvalue weighted by atomic mass is 16.4. The third kappa shape index (κ3) is 2.27. The van der Waals surface area contributed by atoms with Crippen LogP contribution in [0.15, 0.2) is 18.3 Å². The predicted molar refractivity (Wildman–Crippen MR) is 65.6 cm³/mol. The molecule has 1 aromatic rings. The van der Waals surface area contributed by atoms with E-state index in [9.17, 15) is 9.59 Å². The number of carboxylic acids is 1. The molecule has 1 aliphatic rings. The number of anilines is 1. The summed E-state index contributed by atoms with van der Waals surface area (Å²) in [6, 6.07) is 2.66. The van der Waals surface area contributed by atoms with Gasteiger partial charge in [-0.3, -0.25) is 4.79 Å². The van der Waals surface area contributed by atoms with E-state index in [0.29, 0.717) is 25.3 Å². The largest absolute Gasteiger partial charge is 0.478 e. The standard InChI is InChI=1S/C12H15N3O3/c1-2-9-11(16)14-5-6-15(9)10-7-8(12(17)18)3-4-13-10/h3-4,7,9H,2,5-6H2,1H3,(H,14,16)(H,17,18). The van der Waals surface area contributed by atoms with Gasteiger partial charge in [0.1, 0.15) is 11.9 Å². The summed E-state index contributed by atoms with van der Waals surface area (Å²) in [7, 11) is 0. The molecule has 1 saturated heterocycles. The molecule has 2 rings (SSSR count). The Bertz CT molecular complexity index is 475. The Hall–Kier alpha value is -2.11. The molecule has 1 fully saturated rings. The first-order valence-electron chi connectivity index (χ1n) is 5.87. The van der Waals surface area contributed by atoms with Crippen molar-refractivity contribution in [1.29, 1.82) is 0 Å². The molecule has 18 heavy (non-hydrogen) atoms. The zero-order chi connectivity index (χ0) is 13.1. The summed E-state index contributed by atoms with van der Waals surface area (Å²) in [5, 5.41) is 11.8. The summed E-state index contributed by atoms with van der Waals surface area (Å²) in [6.07, 6.45) is 2.11. The first-order chi connectivity index (χ1) is 8.63. The number of rotatable bonds is 3. The highest BCUT2D eigenvalue weighted by molar-refractivity contribution is 5.89. The Morgan fingerprint density at radius 1 is 1.67 bits per heavy atom. The molecule has 2 heterocycles. The van der Waals surface area contributed by atoms with E-state index >= 15 is 0 Å². The number of nitrogens with one attached hydrogen (secondary N) is 1. The van der Waals surface area contributed by atoms with Gasteiger partial charge in [0.15, 0.2) is 0 Å². The van der Waals surface area contributed by atoms with E-state index in [4.69, 9.17) is 5.11 Å². The van der Waals surface area contributed by atoms with Crippen LogP contribution in [0.3, 0.4) is 0 Å². The van der Waals surface area contributed by atoms with Gasteiger partial charge in [-0.2, -0.15) is 0 Å². The zero-order valence-corrected chi connectivity index (χ0v) is 10.1. The highest BCUT2D eigenvalue weighted by Crippen LogP contribution is 2.19. The van der Waals surface area contributed by atoms with Gasteiger partial charge in [0, 0.05) is 19.3 Å². The molecular formula is C12H15N3O3. The number of hydrogen-bond donors (Lipinski definition) is 2. The third-order valence-corrected chi connectivity index (χ3v) is 3.00. The number of hydrogen-bond acceptors (Lipinski definition) is 4. The second-order valence-electron chi connectivity index (χ2n) is 4.12. The van der Waals surface area contributed by atoms with Crippen LogP contribution in [0.5, 0.6) is 0 Å². The maximum atomic E-state index is 11.7. The predicted octanol–water partition coefficient (Wildman–Crippen LogP) is 0.495. The van der Waals surface area contributed by atoms with Crippen molar-refractivity contribution >= 4 is 17.7 Å². The second kappa shape index (κ2) is 5.03. The van der Waals surface area contributed by atoms with Crippen LogP contribution in [0, 0.1) is 0 Å². The molecule has 1 aliphatic heterocycles. The van der Waals surface area contributed by atoms with Crippen molar-refractivity contribution in [3.05, 3.63) is 23.9 Å². The van der Waals surface area contributed by atoms with Crippen LogP contribution in [0.1, 0.15) is 23.7 Å². The van der Waals surface area contributed by atoms with Gasteiger partial charge in [-0.25, -0.2) is 9.78 Å². The quantitative estimate of drug-likeness (QED) is 0.815. The number of aromatic carboxylic acids is 1. The van der Waals surface area contributed by atoms with Crippen LogP contribution >= 0.6 is 0 Å². The van der Waals surface area contributed by atoms with E-state index in [1.165, 1.54) is 18.3 Å².